The molecule has 1 aromatic heterocycles. The Morgan fingerprint density at radius 3 is 2.60 bits per heavy atom. The molecule has 0 saturated carbocycles. The zero-order valence-corrected chi connectivity index (χ0v) is 11.6. The number of nitro groups is 1. The molecule has 0 aromatic carbocycles. The van der Waals surface area contributed by atoms with E-state index in [2.05, 4.69) is 20.1 Å². The van der Waals surface area contributed by atoms with Crippen LogP contribution in [-0.2, 0) is 0 Å². The van der Waals surface area contributed by atoms with Crippen molar-refractivity contribution in [1.82, 2.24) is 15.2 Å². The maximum absolute atomic E-state index is 11.0. The summed E-state index contributed by atoms with van der Waals surface area (Å²) in [4.78, 5) is 19.6. The van der Waals surface area contributed by atoms with E-state index in [0.717, 1.165) is 39.3 Å². The molecule has 0 amide bonds. The predicted molar refractivity (Wildman–Crippen MR) is 76.1 cm³/mol. The zero-order valence-electron chi connectivity index (χ0n) is 11.6. The van der Waals surface area contributed by atoms with E-state index in [9.17, 15) is 10.1 Å². The molecule has 2 fully saturated rings. The molecule has 1 N–H and O–H groups in total. The van der Waals surface area contributed by atoms with Crippen LogP contribution in [0, 0.1) is 17.0 Å². The Kier molecular flexibility index (Phi) is 3.54. The number of anilines is 1. The lowest BCUT2D eigenvalue weighted by atomic mass is 10.1. The molecule has 108 valence electrons. The Morgan fingerprint density at radius 2 is 2.05 bits per heavy atom. The van der Waals surface area contributed by atoms with Gasteiger partial charge in [0, 0.05) is 57.1 Å². The van der Waals surface area contributed by atoms with Gasteiger partial charge in [0.05, 0.1) is 11.0 Å². The molecule has 7 heteroatoms. The van der Waals surface area contributed by atoms with Gasteiger partial charge < -0.3 is 10.2 Å². The van der Waals surface area contributed by atoms with Crippen molar-refractivity contribution in [3.63, 3.8) is 0 Å². The number of aryl methyl sites for hydroxylation is 1. The van der Waals surface area contributed by atoms with E-state index in [0.29, 0.717) is 17.4 Å². The Hall–Kier alpha value is -1.73. The maximum Gasteiger partial charge on any atom is 0.277 e. The summed E-state index contributed by atoms with van der Waals surface area (Å²) in [5.74, 6) is 0.716. The summed E-state index contributed by atoms with van der Waals surface area (Å²) in [5, 5.41) is 14.3. The first-order valence-corrected chi connectivity index (χ1v) is 6.96. The fraction of sp³-hybridized carbons (Fsp3) is 0.615. The van der Waals surface area contributed by atoms with Crippen molar-refractivity contribution in [3.05, 3.63) is 27.9 Å². The zero-order chi connectivity index (χ0) is 14.1. The minimum Gasteiger partial charge on any atom is -0.354 e. The first-order valence-electron chi connectivity index (χ1n) is 6.96. The van der Waals surface area contributed by atoms with Gasteiger partial charge in [0.2, 0.25) is 0 Å². The van der Waals surface area contributed by atoms with Gasteiger partial charge >= 0.3 is 0 Å². The molecule has 1 aromatic rings. The van der Waals surface area contributed by atoms with Crippen molar-refractivity contribution in [3.8, 4) is 0 Å². The number of hydrogen-bond donors (Lipinski definition) is 1. The highest BCUT2D eigenvalue weighted by Crippen LogP contribution is 2.23. The van der Waals surface area contributed by atoms with Crippen molar-refractivity contribution >= 4 is 11.5 Å². The fourth-order valence-electron chi connectivity index (χ4n) is 2.72. The van der Waals surface area contributed by atoms with Gasteiger partial charge in [0.15, 0.2) is 0 Å². The molecule has 2 saturated heterocycles. The van der Waals surface area contributed by atoms with E-state index in [1.165, 1.54) is 0 Å². The molecule has 3 heterocycles. The summed E-state index contributed by atoms with van der Waals surface area (Å²) in [6.45, 7) is 7.62. The lowest BCUT2D eigenvalue weighted by Gasteiger charge is -2.43. The van der Waals surface area contributed by atoms with Crippen molar-refractivity contribution in [2.45, 2.75) is 13.0 Å². The van der Waals surface area contributed by atoms with Crippen molar-refractivity contribution < 1.29 is 4.92 Å². The average molecular weight is 277 g/mol. The van der Waals surface area contributed by atoms with E-state index < -0.39 is 0 Å². The van der Waals surface area contributed by atoms with Gasteiger partial charge in [-0.15, -0.1) is 0 Å². The summed E-state index contributed by atoms with van der Waals surface area (Å²) < 4.78 is 0. The van der Waals surface area contributed by atoms with Crippen LogP contribution in [-0.4, -0.2) is 60.1 Å². The van der Waals surface area contributed by atoms with Crippen molar-refractivity contribution in [2.24, 2.45) is 0 Å². The molecular weight excluding hydrogens is 258 g/mol. The first kappa shape index (κ1) is 13.3. The second-order valence-corrected chi connectivity index (χ2v) is 5.42. The second kappa shape index (κ2) is 5.34. The third-order valence-corrected chi connectivity index (χ3v) is 4.17. The van der Waals surface area contributed by atoms with Crippen molar-refractivity contribution in [1.29, 1.82) is 0 Å². The van der Waals surface area contributed by atoms with Crippen LogP contribution in [0.3, 0.4) is 0 Å². The Balaban J connectivity index is 1.68. The van der Waals surface area contributed by atoms with E-state index in [1.54, 1.807) is 19.2 Å². The van der Waals surface area contributed by atoms with E-state index in [1.807, 2.05) is 0 Å². The monoisotopic (exact) mass is 277 g/mol. The van der Waals surface area contributed by atoms with Crippen molar-refractivity contribution in [2.75, 3.05) is 44.2 Å². The molecule has 7 nitrogen and oxygen atoms in total. The number of hydrogen-bond acceptors (Lipinski definition) is 6. The van der Waals surface area contributed by atoms with E-state index >= 15 is 0 Å². The molecular formula is C13H19N5O2. The van der Waals surface area contributed by atoms with Gasteiger partial charge in [-0.2, -0.15) is 0 Å². The maximum atomic E-state index is 11.0. The van der Waals surface area contributed by atoms with E-state index in [-0.39, 0.29) is 10.6 Å². The van der Waals surface area contributed by atoms with Gasteiger partial charge in [-0.25, -0.2) is 4.98 Å². The molecule has 0 unspecified atom stereocenters. The molecule has 0 bridgehead atoms. The van der Waals surface area contributed by atoms with Crippen LogP contribution in [0.4, 0.5) is 11.5 Å². The molecule has 3 rings (SSSR count). The highest BCUT2D eigenvalue weighted by molar-refractivity contribution is 5.50. The summed E-state index contributed by atoms with van der Waals surface area (Å²) >= 11 is 0. The fourth-order valence-corrected chi connectivity index (χ4v) is 2.72. The number of nitrogens with zero attached hydrogens (tertiary/aromatic N) is 4. The Bertz CT molecular complexity index is 509. The quantitative estimate of drug-likeness (QED) is 0.636. The van der Waals surface area contributed by atoms with Gasteiger partial charge in [0.1, 0.15) is 5.82 Å². The van der Waals surface area contributed by atoms with E-state index in [4.69, 9.17) is 0 Å². The largest absolute Gasteiger partial charge is 0.354 e. The minimum atomic E-state index is -0.337. The summed E-state index contributed by atoms with van der Waals surface area (Å²) in [6, 6.07) is 2.26. The molecule has 0 aliphatic carbocycles. The third kappa shape index (κ3) is 2.46. The number of piperazine rings is 1. The van der Waals surface area contributed by atoms with Crippen LogP contribution in [0.5, 0.6) is 0 Å². The SMILES string of the molecule is Cc1cnc(N2CCN(C3CNC3)CC2)cc1[N+](=O)[O-]. The van der Waals surface area contributed by atoms with Crippen LogP contribution in [0.2, 0.25) is 0 Å². The number of pyridine rings is 1. The summed E-state index contributed by atoms with van der Waals surface area (Å²) in [6.07, 6.45) is 1.59. The lowest BCUT2D eigenvalue weighted by molar-refractivity contribution is -0.385. The molecule has 0 atom stereocenters. The average Bonchev–Trinajstić information content (AvgIpc) is 2.38. The number of aromatic nitrogens is 1. The highest BCUT2D eigenvalue weighted by Gasteiger charge is 2.28. The van der Waals surface area contributed by atoms with Crippen LogP contribution in [0.15, 0.2) is 12.3 Å². The second-order valence-electron chi connectivity index (χ2n) is 5.42. The molecule has 0 radical (unpaired) electrons. The van der Waals surface area contributed by atoms with Gasteiger partial charge in [-0.05, 0) is 6.92 Å². The highest BCUT2D eigenvalue weighted by atomic mass is 16.6. The van der Waals surface area contributed by atoms with Crippen LogP contribution < -0.4 is 10.2 Å². The predicted octanol–water partition coefficient (Wildman–Crippen LogP) is 0.392. The summed E-state index contributed by atoms with van der Waals surface area (Å²) in [7, 11) is 0. The molecule has 2 aliphatic rings. The Morgan fingerprint density at radius 1 is 1.35 bits per heavy atom. The molecule has 0 spiro atoms. The van der Waals surface area contributed by atoms with Gasteiger partial charge in [-0.1, -0.05) is 0 Å². The standard InChI is InChI=1S/C13H19N5O2/c1-10-7-15-13(6-12(10)18(19)20)17-4-2-16(3-5-17)11-8-14-9-11/h6-7,11,14H,2-5,8-9H2,1H3. The van der Waals surface area contributed by atoms with Crippen LogP contribution in [0.25, 0.3) is 0 Å². The van der Waals surface area contributed by atoms with Gasteiger partial charge in [0.25, 0.3) is 5.69 Å². The van der Waals surface area contributed by atoms with Crippen LogP contribution >= 0.6 is 0 Å². The third-order valence-electron chi connectivity index (χ3n) is 4.17. The lowest BCUT2D eigenvalue weighted by Crippen LogP contribution is -2.61. The first-order chi connectivity index (χ1) is 9.65. The normalized spacial score (nSPS) is 20.8. The minimum absolute atomic E-state index is 0.153. The molecule has 20 heavy (non-hydrogen) atoms. The van der Waals surface area contributed by atoms with Crippen LogP contribution in [0.1, 0.15) is 5.56 Å². The number of nitrogens with one attached hydrogen (secondary N) is 1. The summed E-state index contributed by atoms with van der Waals surface area (Å²) in [5.41, 5.74) is 0.763. The Labute approximate surface area is 117 Å². The molecule has 2 aliphatic heterocycles. The number of rotatable bonds is 3. The smallest absolute Gasteiger partial charge is 0.277 e. The topological polar surface area (TPSA) is 74.5 Å². The van der Waals surface area contributed by atoms with Gasteiger partial charge in [-0.3, -0.25) is 15.0 Å².